The molecule has 0 aromatic heterocycles. The first-order valence-electron chi connectivity index (χ1n) is 7.31. The van der Waals surface area contributed by atoms with Gasteiger partial charge in [0, 0.05) is 29.8 Å². The van der Waals surface area contributed by atoms with E-state index in [9.17, 15) is 14.9 Å². The number of nitrogens with one attached hydrogen (secondary N) is 2. The highest BCUT2D eigenvalue weighted by Crippen LogP contribution is 2.21. The molecule has 1 aromatic rings. The molecule has 2 N–H and O–H groups in total. The summed E-state index contributed by atoms with van der Waals surface area (Å²) in [4.78, 5) is 22.9. The lowest BCUT2D eigenvalue weighted by atomic mass is 9.94. The fourth-order valence-corrected chi connectivity index (χ4v) is 2.61. The van der Waals surface area contributed by atoms with Crippen molar-refractivity contribution in [1.29, 1.82) is 0 Å². The molecule has 6 nitrogen and oxygen atoms in total. The number of hydrogen-bond acceptors (Lipinski definition) is 4. The number of amides is 1. The standard InChI is InChI=1S/C15H21N3O3/c1-3-11-4-5-12(8-14(11)18(20)21)15(19)17-13-9-16-7-6-10(13)2/h4-5,8,10,13,16H,3,6-7,9H2,1-2H3,(H,17,19). The first kappa shape index (κ1) is 15.4. The lowest BCUT2D eigenvalue weighted by molar-refractivity contribution is -0.385. The molecule has 1 aliphatic heterocycles. The summed E-state index contributed by atoms with van der Waals surface area (Å²) in [5.41, 5.74) is 1.00. The predicted octanol–water partition coefficient (Wildman–Crippen LogP) is 1.88. The van der Waals surface area contributed by atoms with Crippen molar-refractivity contribution < 1.29 is 9.72 Å². The third kappa shape index (κ3) is 3.58. The molecule has 0 aliphatic carbocycles. The molecular weight excluding hydrogens is 270 g/mol. The summed E-state index contributed by atoms with van der Waals surface area (Å²) >= 11 is 0. The average molecular weight is 291 g/mol. The predicted molar refractivity (Wildman–Crippen MR) is 80.4 cm³/mol. The smallest absolute Gasteiger partial charge is 0.273 e. The Morgan fingerprint density at radius 2 is 2.29 bits per heavy atom. The summed E-state index contributed by atoms with van der Waals surface area (Å²) in [5.74, 6) is 0.154. The molecule has 1 aliphatic rings. The van der Waals surface area contributed by atoms with E-state index in [1.165, 1.54) is 6.07 Å². The van der Waals surface area contributed by atoms with Gasteiger partial charge in [0.25, 0.3) is 11.6 Å². The molecule has 1 fully saturated rings. The Morgan fingerprint density at radius 3 is 2.90 bits per heavy atom. The number of nitro groups is 1. The molecule has 21 heavy (non-hydrogen) atoms. The van der Waals surface area contributed by atoms with Gasteiger partial charge in [0.2, 0.25) is 0 Å². The van der Waals surface area contributed by atoms with Gasteiger partial charge in [-0.25, -0.2) is 0 Å². The zero-order valence-corrected chi connectivity index (χ0v) is 12.4. The van der Waals surface area contributed by atoms with Gasteiger partial charge >= 0.3 is 0 Å². The van der Waals surface area contributed by atoms with Crippen LogP contribution in [0.2, 0.25) is 0 Å². The Bertz CT molecular complexity index is 545. The zero-order chi connectivity index (χ0) is 15.4. The second-order valence-electron chi connectivity index (χ2n) is 5.50. The number of nitrogens with zero attached hydrogens (tertiary/aromatic N) is 1. The number of carbonyl (C=O) groups is 1. The molecule has 2 rings (SSSR count). The summed E-state index contributed by atoms with van der Waals surface area (Å²) < 4.78 is 0. The molecule has 2 atom stereocenters. The van der Waals surface area contributed by atoms with Crippen LogP contribution in [0, 0.1) is 16.0 Å². The molecule has 1 amide bonds. The largest absolute Gasteiger partial charge is 0.348 e. The Morgan fingerprint density at radius 1 is 1.52 bits per heavy atom. The molecule has 0 bridgehead atoms. The SMILES string of the molecule is CCc1ccc(C(=O)NC2CNCCC2C)cc1[N+](=O)[O-]. The van der Waals surface area contributed by atoms with Crippen molar-refractivity contribution >= 4 is 11.6 Å². The van der Waals surface area contributed by atoms with Crippen molar-refractivity contribution in [3.05, 3.63) is 39.4 Å². The van der Waals surface area contributed by atoms with Crippen LogP contribution >= 0.6 is 0 Å². The fraction of sp³-hybridized carbons (Fsp3) is 0.533. The van der Waals surface area contributed by atoms with E-state index in [2.05, 4.69) is 17.6 Å². The van der Waals surface area contributed by atoms with E-state index in [1.807, 2.05) is 6.92 Å². The van der Waals surface area contributed by atoms with Gasteiger partial charge < -0.3 is 10.6 Å². The number of nitro benzene ring substituents is 1. The van der Waals surface area contributed by atoms with Gasteiger partial charge in [-0.2, -0.15) is 0 Å². The van der Waals surface area contributed by atoms with Gasteiger partial charge in [0.05, 0.1) is 4.92 Å². The van der Waals surface area contributed by atoms with E-state index in [4.69, 9.17) is 0 Å². The van der Waals surface area contributed by atoms with Gasteiger partial charge in [-0.05, 0) is 31.4 Å². The lowest BCUT2D eigenvalue weighted by Gasteiger charge is -2.30. The fourth-order valence-electron chi connectivity index (χ4n) is 2.61. The molecule has 0 radical (unpaired) electrons. The van der Waals surface area contributed by atoms with Crippen molar-refractivity contribution in [3.63, 3.8) is 0 Å². The van der Waals surface area contributed by atoms with Crippen molar-refractivity contribution in [2.45, 2.75) is 32.7 Å². The van der Waals surface area contributed by atoms with Crippen LogP contribution in [0.4, 0.5) is 5.69 Å². The van der Waals surface area contributed by atoms with Crippen LogP contribution in [0.15, 0.2) is 18.2 Å². The summed E-state index contributed by atoms with van der Waals surface area (Å²) in [6, 6.07) is 4.75. The summed E-state index contributed by atoms with van der Waals surface area (Å²) in [5, 5.41) is 17.3. The van der Waals surface area contributed by atoms with Crippen LogP contribution < -0.4 is 10.6 Å². The topological polar surface area (TPSA) is 84.3 Å². The molecule has 6 heteroatoms. The third-order valence-corrected chi connectivity index (χ3v) is 4.07. The van der Waals surface area contributed by atoms with E-state index >= 15 is 0 Å². The number of benzene rings is 1. The molecule has 0 spiro atoms. The molecular formula is C15H21N3O3. The zero-order valence-electron chi connectivity index (χ0n) is 12.4. The van der Waals surface area contributed by atoms with E-state index in [0.717, 1.165) is 19.5 Å². The van der Waals surface area contributed by atoms with Crippen LogP contribution in [-0.2, 0) is 6.42 Å². The molecule has 1 heterocycles. The van der Waals surface area contributed by atoms with E-state index < -0.39 is 4.92 Å². The maximum absolute atomic E-state index is 12.3. The number of hydrogen-bond donors (Lipinski definition) is 2. The minimum absolute atomic E-state index is 0.0139. The normalized spacial score (nSPS) is 21.8. The summed E-state index contributed by atoms with van der Waals surface area (Å²) in [7, 11) is 0. The van der Waals surface area contributed by atoms with Crippen LogP contribution in [0.3, 0.4) is 0 Å². The minimum atomic E-state index is -0.430. The van der Waals surface area contributed by atoms with E-state index in [0.29, 0.717) is 23.5 Å². The Balaban J connectivity index is 2.15. The Hall–Kier alpha value is -1.95. The quantitative estimate of drug-likeness (QED) is 0.655. The maximum atomic E-state index is 12.3. The van der Waals surface area contributed by atoms with Gasteiger partial charge in [-0.15, -0.1) is 0 Å². The highest BCUT2D eigenvalue weighted by atomic mass is 16.6. The highest BCUT2D eigenvalue weighted by molar-refractivity contribution is 5.95. The van der Waals surface area contributed by atoms with Crippen LogP contribution in [0.5, 0.6) is 0 Å². The monoisotopic (exact) mass is 291 g/mol. The van der Waals surface area contributed by atoms with Crippen molar-refractivity contribution in [2.24, 2.45) is 5.92 Å². The first-order chi connectivity index (χ1) is 10.0. The van der Waals surface area contributed by atoms with Crippen molar-refractivity contribution in [2.75, 3.05) is 13.1 Å². The van der Waals surface area contributed by atoms with E-state index in [-0.39, 0.29) is 17.6 Å². The average Bonchev–Trinajstić information content (AvgIpc) is 2.48. The Kier molecular flexibility index (Phi) is 4.90. The van der Waals surface area contributed by atoms with E-state index in [1.54, 1.807) is 12.1 Å². The second kappa shape index (κ2) is 6.67. The van der Waals surface area contributed by atoms with Gasteiger partial charge in [-0.3, -0.25) is 14.9 Å². The second-order valence-corrected chi connectivity index (χ2v) is 5.50. The van der Waals surface area contributed by atoms with Crippen molar-refractivity contribution in [3.8, 4) is 0 Å². The molecule has 114 valence electrons. The number of rotatable bonds is 4. The number of aryl methyl sites for hydroxylation is 1. The molecule has 1 aromatic carbocycles. The Labute approximate surface area is 124 Å². The first-order valence-corrected chi connectivity index (χ1v) is 7.31. The third-order valence-electron chi connectivity index (χ3n) is 4.07. The lowest BCUT2D eigenvalue weighted by Crippen LogP contribution is -2.50. The van der Waals surface area contributed by atoms with Gasteiger partial charge in [-0.1, -0.05) is 19.9 Å². The molecule has 1 saturated heterocycles. The summed E-state index contributed by atoms with van der Waals surface area (Å²) in [6.07, 6.45) is 1.58. The van der Waals surface area contributed by atoms with Crippen molar-refractivity contribution in [1.82, 2.24) is 10.6 Å². The van der Waals surface area contributed by atoms with Crippen LogP contribution in [0.25, 0.3) is 0 Å². The molecule has 2 unspecified atom stereocenters. The molecule has 0 saturated carbocycles. The number of carbonyl (C=O) groups excluding carboxylic acids is 1. The summed E-state index contributed by atoms with van der Waals surface area (Å²) in [6.45, 7) is 5.66. The van der Waals surface area contributed by atoms with Crippen LogP contribution in [0.1, 0.15) is 36.2 Å². The highest BCUT2D eigenvalue weighted by Gasteiger charge is 2.24. The van der Waals surface area contributed by atoms with Gasteiger partial charge in [0.15, 0.2) is 0 Å². The van der Waals surface area contributed by atoms with Crippen LogP contribution in [-0.4, -0.2) is 30.0 Å². The minimum Gasteiger partial charge on any atom is -0.348 e. The maximum Gasteiger partial charge on any atom is 0.273 e. The van der Waals surface area contributed by atoms with Gasteiger partial charge in [0.1, 0.15) is 0 Å². The number of piperidine rings is 1.